The predicted octanol–water partition coefficient (Wildman–Crippen LogP) is -13.9. The molecule has 0 fully saturated rings. The monoisotopic (exact) mass is 608 g/mol. The normalized spacial score (nSPS) is 6.00. The summed E-state index contributed by atoms with van der Waals surface area (Å²) >= 11 is 0. The van der Waals surface area contributed by atoms with Crippen LogP contribution in [0.25, 0.3) is 0 Å². The van der Waals surface area contributed by atoms with Gasteiger partial charge in [0.2, 0.25) is 0 Å². The van der Waals surface area contributed by atoms with Gasteiger partial charge in [-0.3, -0.25) is 25.3 Å². The molecule has 29 heteroatoms. The van der Waals surface area contributed by atoms with Crippen molar-refractivity contribution in [2.24, 2.45) is 0 Å². The first-order valence-electron chi connectivity index (χ1n) is 2.00. The van der Waals surface area contributed by atoms with Crippen LogP contribution < -0.4 is 0 Å². The Hall–Kier alpha value is 0.195. The van der Waals surface area contributed by atoms with E-state index < -0.39 is 31.2 Å². The molecule has 0 bridgehead atoms. The molecular formula is H24Cr2O24S3. The fourth-order valence-corrected chi connectivity index (χ4v) is 0. The van der Waals surface area contributed by atoms with E-state index in [2.05, 4.69) is 0 Å². The van der Waals surface area contributed by atoms with E-state index in [0.29, 0.717) is 0 Å². The van der Waals surface area contributed by atoms with Crippen LogP contribution in [0.3, 0.4) is 0 Å². The predicted molar refractivity (Wildman–Crippen MR) is 74.8 cm³/mol. The van der Waals surface area contributed by atoms with Gasteiger partial charge in [0.15, 0.2) is 0 Å². The Morgan fingerprint density at radius 2 is 0.276 bits per heavy atom. The van der Waals surface area contributed by atoms with Gasteiger partial charge in [-0.05, 0) is 0 Å². The summed E-state index contributed by atoms with van der Waals surface area (Å²) in [6.07, 6.45) is 0. The van der Waals surface area contributed by atoms with Crippen molar-refractivity contribution in [1.29, 1.82) is 0 Å². The van der Waals surface area contributed by atoms with Crippen molar-refractivity contribution in [1.82, 2.24) is 0 Å². The molecule has 0 aliphatic rings. The van der Waals surface area contributed by atoms with Gasteiger partial charge < -0.3 is 93.0 Å². The standard InChI is InChI=1S/2Cr.3H2O4S.12H2O/c;;3*1-5(2,3)4;;;;;;;;;;;;/h;;3*(H2,1,2,3,4);12*1H2/q2*+3;;;;;;;;;;;;;;;/p-6. The maximum atomic E-state index is 8.52. The molecule has 0 amide bonds. The Bertz CT molecular complexity index is 345. The molecule has 0 aliphatic carbocycles. The van der Waals surface area contributed by atoms with Crippen molar-refractivity contribution in [3.8, 4) is 0 Å². The van der Waals surface area contributed by atoms with Crippen LogP contribution in [0.1, 0.15) is 0 Å². The second kappa shape index (κ2) is 63.0. The average Bonchev–Trinajstić information content (AvgIpc) is 1.41. The first kappa shape index (κ1) is 156. The third kappa shape index (κ3) is 509000. The molecule has 0 aliphatic heterocycles. The zero-order valence-corrected chi connectivity index (χ0v) is 17.9. The summed E-state index contributed by atoms with van der Waals surface area (Å²) in [5.74, 6) is 0. The summed E-state index contributed by atoms with van der Waals surface area (Å²) in [5.41, 5.74) is 0. The second-order valence-electron chi connectivity index (χ2n) is 1.22. The van der Waals surface area contributed by atoms with Crippen molar-refractivity contribution in [3.05, 3.63) is 0 Å². The van der Waals surface area contributed by atoms with Gasteiger partial charge in [-0.15, -0.1) is 0 Å². The Morgan fingerprint density at radius 1 is 0.276 bits per heavy atom. The van der Waals surface area contributed by atoms with Crippen molar-refractivity contribution in [2.75, 3.05) is 0 Å². The Balaban J connectivity index is -0.00000000400. The summed E-state index contributed by atoms with van der Waals surface area (Å²) in [6.45, 7) is 0. The molecule has 0 unspecified atom stereocenters. The first-order chi connectivity index (χ1) is 6.00. The maximum absolute atomic E-state index is 8.52. The van der Waals surface area contributed by atoms with Crippen LogP contribution in [0.2, 0.25) is 0 Å². The molecule has 0 spiro atoms. The minimum atomic E-state index is -5.17. The Morgan fingerprint density at radius 3 is 0.276 bits per heavy atom. The summed E-state index contributed by atoms with van der Waals surface area (Å²) in [6, 6.07) is 0. The van der Waals surface area contributed by atoms with Crippen LogP contribution in [-0.4, -0.2) is 118 Å². The molecule has 0 atom stereocenters. The molecule has 24 N–H and O–H groups in total. The van der Waals surface area contributed by atoms with Gasteiger partial charge in [-0.1, -0.05) is 0 Å². The van der Waals surface area contributed by atoms with Gasteiger partial charge in [0.05, 0.1) is 0 Å². The molecular weight excluding hydrogens is 584 g/mol. The molecule has 0 saturated carbocycles. The quantitative estimate of drug-likeness (QED) is 0.183. The summed E-state index contributed by atoms with van der Waals surface area (Å²) < 4.78 is 102. The molecule has 0 aromatic rings. The Kier molecular flexibility index (Phi) is 339. The number of hydrogen-bond donors (Lipinski definition) is 0. The van der Waals surface area contributed by atoms with E-state index >= 15 is 0 Å². The molecule has 29 heavy (non-hydrogen) atoms. The minimum absolute atomic E-state index is 0. The third-order valence-electron chi connectivity index (χ3n) is 0. The SMILES string of the molecule is O.O.O.O.O.O.O.O.O.O.O.O.O=S(=O)([O-])[O-].O=S(=O)([O-])[O-].O=S(=O)([O-])[O-].[Cr+3].[Cr+3]. The van der Waals surface area contributed by atoms with E-state index in [0.717, 1.165) is 0 Å². The summed E-state index contributed by atoms with van der Waals surface area (Å²) in [5, 5.41) is 0. The van der Waals surface area contributed by atoms with Crippen LogP contribution >= 0.6 is 0 Å². The van der Waals surface area contributed by atoms with E-state index in [9.17, 15) is 0 Å². The van der Waals surface area contributed by atoms with E-state index in [1.165, 1.54) is 0 Å². The number of hydrogen-bond acceptors (Lipinski definition) is 12. The van der Waals surface area contributed by atoms with E-state index in [4.69, 9.17) is 52.6 Å². The van der Waals surface area contributed by atoms with Gasteiger partial charge in [-0.25, -0.2) is 0 Å². The number of rotatable bonds is 0. The largest absolute Gasteiger partial charge is 3.00 e. The minimum Gasteiger partial charge on any atom is -0.759 e. The first-order valence-corrected chi connectivity index (χ1v) is 6.00. The van der Waals surface area contributed by atoms with Crippen LogP contribution in [0, 0.1) is 0 Å². The molecule has 0 saturated heterocycles. The van der Waals surface area contributed by atoms with Crippen LogP contribution in [0.5, 0.6) is 0 Å². The van der Waals surface area contributed by atoms with E-state index in [1.54, 1.807) is 0 Å². The molecule has 0 rings (SSSR count). The van der Waals surface area contributed by atoms with Crippen molar-refractivity contribution in [2.45, 2.75) is 0 Å². The van der Waals surface area contributed by atoms with Crippen molar-refractivity contribution < 1.29 is 153 Å². The average molecular weight is 608 g/mol. The van der Waals surface area contributed by atoms with Crippen LogP contribution in [0.4, 0.5) is 0 Å². The van der Waals surface area contributed by atoms with Crippen LogP contribution in [-0.2, 0) is 65.9 Å². The molecule has 198 valence electrons. The smallest absolute Gasteiger partial charge is 0.759 e. The third-order valence-corrected chi connectivity index (χ3v) is 0. The Labute approximate surface area is 184 Å². The molecule has 24 nitrogen and oxygen atoms in total. The summed E-state index contributed by atoms with van der Waals surface area (Å²) in [4.78, 5) is 0. The zero-order valence-electron chi connectivity index (χ0n) is 12.9. The summed E-state index contributed by atoms with van der Waals surface area (Å²) in [7, 11) is -15.5. The molecule has 0 heterocycles. The maximum Gasteiger partial charge on any atom is 3.00 e. The van der Waals surface area contributed by atoms with E-state index in [1.807, 2.05) is 0 Å². The molecule has 0 aromatic heterocycles. The van der Waals surface area contributed by atoms with E-state index in [-0.39, 0.29) is 100 Å². The van der Waals surface area contributed by atoms with Gasteiger partial charge in [-0.2, -0.15) is 0 Å². The fourth-order valence-electron chi connectivity index (χ4n) is 0. The van der Waals surface area contributed by atoms with Crippen LogP contribution in [0.15, 0.2) is 0 Å². The van der Waals surface area contributed by atoms with Gasteiger partial charge in [0.25, 0.3) is 0 Å². The van der Waals surface area contributed by atoms with Gasteiger partial charge >= 0.3 is 34.7 Å². The molecule has 0 aromatic carbocycles. The van der Waals surface area contributed by atoms with Crippen molar-refractivity contribution >= 4 is 31.2 Å². The fraction of sp³-hybridized carbons (Fsp3) is 0. The second-order valence-corrected chi connectivity index (χ2v) is 3.67. The topological polar surface area (TPSA) is 619 Å². The molecule has 2 radical (unpaired) electrons. The van der Waals surface area contributed by atoms with Crippen molar-refractivity contribution in [3.63, 3.8) is 0 Å². The van der Waals surface area contributed by atoms with Gasteiger partial charge in [0, 0.05) is 31.2 Å². The van der Waals surface area contributed by atoms with Gasteiger partial charge in [0.1, 0.15) is 0 Å². The zero-order chi connectivity index (χ0) is 13.5.